The molecule has 8 nitrogen and oxygen atoms in total. The maximum atomic E-state index is 13.7. The van der Waals surface area contributed by atoms with Gasteiger partial charge in [0.25, 0.3) is 17.7 Å². The normalized spacial score (nSPS) is 19.5. The molecule has 1 aliphatic heterocycles. The summed E-state index contributed by atoms with van der Waals surface area (Å²) in [6.45, 7) is 0. The lowest BCUT2D eigenvalue weighted by molar-refractivity contribution is 0.0539. The summed E-state index contributed by atoms with van der Waals surface area (Å²) in [6.07, 6.45) is 6.11. The van der Waals surface area contributed by atoms with Gasteiger partial charge in [0.15, 0.2) is 11.5 Å². The summed E-state index contributed by atoms with van der Waals surface area (Å²) in [4.78, 5) is 48.3. The number of hydrogen-bond donors (Lipinski definition) is 2. The Hall–Kier alpha value is -3.66. The summed E-state index contributed by atoms with van der Waals surface area (Å²) in [5, 5.41) is 2.79. The highest BCUT2D eigenvalue weighted by atomic mass is 79.9. The lowest BCUT2D eigenvalue weighted by atomic mass is 9.80. The van der Waals surface area contributed by atoms with Crippen LogP contribution in [0.3, 0.4) is 0 Å². The van der Waals surface area contributed by atoms with E-state index >= 15 is 0 Å². The van der Waals surface area contributed by atoms with Gasteiger partial charge in [-0.1, -0.05) is 18.6 Å². The molecule has 1 saturated carbocycles. The molecule has 0 saturated heterocycles. The zero-order valence-electron chi connectivity index (χ0n) is 18.5. The van der Waals surface area contributed by atoms with Crippen molar-refractivity contribution in [1.29, 1.82) is 0 Å². The summed E-state index contributed by atoms with van der Waals surface area (Å²) in [5.41, 5.74) is 7.81. The van der Waals surface area contributed by atoms with E-state index < -0.39 is 11.7 Å². The maximum Gasteiger partial charge on any atom is 0.276 e. The van der Waals surface area contributed by atoms with Crippen LogP contribution in [0.2, 0.25) is 0 Å². The second-order valence-corrected chi connectivity index (χ2v) is 9.41. The standard InChI is InChI=1S/C25H21BrFN5O3/c26-22-18(27)11-19(28)21(31-22)23(33)30-20-12-29-9-8-15(20)13-4-3-5-14(10-13)32-24(34)16-6-1-2-7-17(16)25(32)35/h1-2,6-9,11-14H,3-5,10,28H2,(H,30,33)/t13-,14?/m1/s1. The molecule has 3 heterocycles. The van der Waals surface area contributed by atoms with Crippen LogP contribution in [0.15, 0.2) is 53.4 Å². The van der Waals surface area contributed by atoms with Crippen LogP contribution in [-0.4, -0.2) is 38.6 Å². The van der Waals surface area contributed by atoms with Crippen molar-refractivity contribution in [1.82, 2.24) is 14.9 Å². The highest BCUT2D eigenvalue weighted by Gasteiger charge is 2.41. The fourth-order valence-corrected chi connectivity index (χ4v) is 5.22. The lowest BCUT2D eigenvalue weighted by Crippen LogP contribution is -2.42. The third-order valence-corrected chi connectivity index (χ3v) is 7.11. The van der Waals surface area contributed by atoms with E-state index in [-0.39, 0.29) is 39.8 Å². The first kappa shape index (κ1) is 23.1. The molecule has 2 aliphatic rings. The van der Waals surface area contributed by atoms with Crippen LogP contribution in [0, 0.1) is 5.82 Å². The molecule has 1 unspecified atom stereocenters. The first-order chi connectivity index (χ1) is 16.8. The van der Waals surface area contributed by atoms with Crippen molar-refractivity contribution in [2.45, 2.75) is 37.6 Å². The molecule has 1 fully saturated rings. The second kappa shape index (κ2) is 9.18. The van der Waals surface area contributed by atoms with Crippen LogP contribution < -0.4 is 11.1 Å². The van der Waals surface area contributed by atoms with E-state index in [1.165, 1.54) is 11.1 Å². The van der Waals surface area contributed by atoms with Gasteiger partial charge in [0, 0.05) is 18.3 Å². The molecule has 0 radical (unpaired) electrons. The van der Waals surface area contributed by atoms with Gasteiger partial charge in [0.2, 0.25) is 0 Å². The van der Waals surface area contributed by atoms with E-state index in [0.29, 0.717) is 23.2 Å². The molecular formula is C25H21BrFN5O3. The molecule has 1 aromatic carbocycles. The largest absolute Gasteiger partial charge is 0.397 e. The Morgan fingerprint density at radius 3 is 2.57 bits per heavy atom. The number of rotatable bonds is 4. The topological polar surface area (TPSA) is 118 Å². The minimum absolute atomic E-state index is 0.0124. The number of halogens is 2. The third kappa shape index (κ3) is 4.18. The first-order valence-corrected chi connectivity index (χ1v) is 12.0. The van der Waals surface area contributed by atoms with Gasteiger partial charge in [0.1, 0.15) is 4.60 Å². The molecule has 178 valence electrons. The number of hydrogen-bond acceptors (Lipinski definition) is 6. The predicted molar refractivity (Wildman–Crippen MR) is 130 cm³/mol. The number of nitrogens with two attached hydrogens (primary N) is 1. The lowest BCUT2D eigenvalue weighted by Gasteiger charge is -2.35. The van der Waals surface area contributed by atoms with Crippen molar-refractivity contribution in [2.75, 3.05) is 11.1 Å². The number of nitrogens with zero attached hydrogens (tertiary/aromatic N) is 3. The Morgan fingerprint density at radius 2 is 1.86 bits per heavy atom. The number of nitrogen functional groups attached to an aromatic ring is 1. The van der Waals surface area contributed by atoms with Crippen LogP contribution in [0.25, 0.3) is 0 Å². The summed E-state index contributed by atoms with van der Waals surface area (Å²) in [5.74, 6) is -1.79. The molecule has 2 aromatic heterocycles. The van der Waals surface area contributed by atoms with Gasteiger partial charge in [-0.25, -0.2) is 9.37 Å². The molecule has 10 heteroatoms. The summed E-state index contributed by atoms with van der Waals surface area (Å²) in [6, 6.07) is 9.48. The molecule has 5 rings (SSSR count). The quantitative estimate of drug-likeness (QED) is 0.372. The Morgan fingerprint density at radius 1 is 1.14 bits per heavy atom. The Labute approximate surface area is 208 Å². The van der Waals surface area contributed by atoms with Gasteiger partial charge in [-0.05, 0) is 64.9 Å². The fourth-order valence-electron chi connectivity index (χ4n) is 4.93. The number of carbonyl (C=O) groups is 3. The molecule has 0 spiro atoms. The molecule has 35 heavy (non-hydrogen) atoms. The minimum atomic E-state index is -0.664. The van der Waals surface area contributed by atoms with Gasteiger partial charge < -0.3 is 11.1 Å². The van der Waals surface area contributed by atoms with Gasteiger partial charge in [0.05, 0.1) is 28.7 Å². The summed E-state index contributed by atoms with van der Waals surface area (Å²) >= 11 is 2.98. The number of anilines is 2. The molecule has 1 aliphatic carbocycles. The number of benzene rings is 1. The third-order valence-electron chi connectivity index (χ3n) is 6.56. The molecule has 2 atom stereocenters. The van der Waals surface area contributed by atoms with Crippen molar-refractivity contribution in [3.05, 3.63) is 81.6 Å². The summed E-state index contributed by atoms with van der Waals surface area (Å²) < 4.78 is 13.6. The van der Waals surface area contributed by atoms with Crippen LogP contribution >= 0.6 is 15.9 Å². The monoisotopic (exact) mass is 537 g/mol. The smallest absolute Gasteiger partial charge is 0.276 e. The number of pyridine rings is 2. The zero-order valence-corrected chi connectivity index (χ0v) is 20.1. The number of amides is 3. The molecule has 3 aromatic rings. The van der Waals surface area contributed by atoms with Crippen molar-refractivity contribution in [2.24, 2.45) is 0 Å². The minimum Gasteiger partial charge on any atom is -0.397 e. The van der Waals surface area contributed by atoms with Gasteiger partial charge in [-0.3, -0.25) is 24.3 Å². The summed E-state index contributed by atoms with van der Waals surface area (Å²) in [7, 11) is 0. The van der Waals surface area contributed by atoms with Crippen molar-refractivity contribution < 1.29 is 18.8 Å². The number of imide groups is 1. The number of aromatic nitrogens is 2. The van der Waals surface area contributed by atoms with Crippen LogP contribution in [-0.2, 0) is 0 Å². The second-order valence-electron chi connectivity index (χ2n) is 8.66. The highest BCUT2D eigenvalue weighted by molar-refractivity contribution is 9.10. The average Bonchev–Trinajstić information content (AvgIpc) is 3.11. The average molecular weight is 538 g/mol. The van der Waals surface area contributed by atoms with E-state index in [9.17, 15) is 18.8 Å². The van der Waals surface area contributed by atoms with Crippen LogP contribution in [0.5, 0.6) is 0 Å². The Bertz CT molecular complexity index is 1330. The maximum absolute atomic E-state index is 13.7. The van der Waals surface area contributed by atoms with E-state index in [0.717, 1.165) is 30.9 Å². The van der Waals surface area contributed by atoms with E-state index in [2.05, 4.69) is 31.2 Å². The van der Waals surface area contributed by atoms with E-state index in [4.69, 9.17) is 5.73 Å². The number of nitrogens with one attached hydrogen (secondary N) is 1. The highest BCUT2D eigenvalue weighted by Crippen LogP contribution is 2.40. The first-order valence-electron chi connectivity index (χ1n) is 11.2. The van der Waals surface area contributed by atoms with Crippen molar-refractivity contribution >= 4 is 45.0 Å². The Kier molecular flexibility index (Phi) is 6.06. The SMILES string of the molecule is Nc1cc(F)c(Br)nc1C(=O)Nc1cnccc1[C@@H]1CCCC(N2C(=O)c3ccccc3C2=O)C1. The van der Waals surface area contributed by atoms with E-state index in [1.807, 2.05) is 6.07 Å². The van der Waals surface area contributed by atoms with Crippen LogP contribution in [0.4, 0.5) is 15.8 Å². The van der Waals surface area contributed by atoms with Gasteiger partial charge >= 0.3 is 0 Å². The molecule has 3 N–H and O–H groups in total. The number of carbonyl (C=O) groups excluding carboxylic acids is 3. The van der Waals surface area contributed by atoms with Crippen molar-refractivity contribution in [3.63, 3.8) is 0 Å². The predicted octanol–water partition coefficient (Wildman–Crippen LogP) is 4.54. The van der Waals surface area contributed by atoms with Crippen LogP contribution in [0.1, 0.15) is 68.4 Å². The molecular weight excluding hydrogens is 517 g/mol. The van der Waals surface area contributed by atoms with Gasteiger partial charge in [-0.2, -0.15) is 0 Å². The van der Waals surface area contributed by atoms with E-state index in [1.54, 1.807) is 30.5 Å². The zero-order chi connectivity index (χ0) is 24.7. The number of fused-ring (bicyclic) bond motifs is 1. The van der Waals surface area contributed by atoms with Crippen molar-refractivity contribution in [3.8, 4) is 0 Å². The fraction of sp³-hybridized carbons (Fsp3) is 0.240. The Balaban J connectivity index is 1.38. The van der Waals surface area contributed by atoms with Gasteiger partial charge in [-0.15, -0.1) is 0 Å². The molecule has 3 amide bonds. The molecule has 0 bridgehead atoms.